The van der Waals surface area contributed by atoms with E-state index >= 15 is 0 Å². The van der Waals surface area contributed by atoms with Crippen LogP contribution in [0, 0.1) is 13.8 Å². The summed E-state index contributed by atoms with van der Waals surface area (Å²) < 4.78 is 2.00. The fraction of sp³-hybridized carbons (Fsp3) is 0.375. The van der Waals surface area contributed by atoms with Crippen LogP contribution in [-0.2, 0) is 24.4 Å². The second-order valence-electron chi connectivity index (χ2n) is 8.16. The molecule has 2 heterocycles. The number of aryl methyl sites for hydroxylation is 1. The first kappa shape index (κ1) is 22.5. The smallest absolute Gasteiger partial charge is 0.234 e. The van der Waals surface area contributed by atoms with E-state index in [2.05, 4.69) is 34.5 Å². The number of nitrogens with zero attached hydrogens (tertiary/aromatic N) is 5. The van der Waals surface area contributed by atoms with Crippen LogP contribution < -0.4 is 10.2 Å². The van der Waals surface area contributed by atoms with Gasteiger partial charge in [-0.1, -0.05) is 36.4 Å². The van der Waals surface area contributed by atoms with Crippen molar-refractivity contribution in [2.75, 3.05) is 32.6 Å². The Labute approximate surface area is 184 Å². The Morgan fingerprint density at radius 1 is 1.03 bits per heavy atom. The number of benzene rings is 1. The number of pyridine rings is 1. The molecular weight excluding hydrogens is 388 g/mol. The Morgan fingerprint density at radius 2 is 1.77 bits per heavy atom. The predicted octanol–water partition coefficient (Wildman–Crippen LogP) is 2.76. The van der Waals surface area contributed by atoms with Crippen molar-refractivity contribution in [2.45, 2.75) is 33.5 Å². The molecule has 0 atom stereocenters. The molecule has 0 aliphatic carbocycles. The molecule has 2 aromatic heterocycles. The van der Waals surface area contributed by atoms with Crippen LogP contribution in [0.2, 0.25) is 0 Å². The molecule has 31 heavy (non-hydrogen) atoms. The molecule has 0 saturated carbocycles. The lowest BCUT2D eigenvalue weighted by molar-refractivity contribution is -0.122. The molecule has 7 nitrogen and oxygen atoms in total. The van der Waals surface area contributed by atoms with Gasteiger partial charge in [0.05, 0.1) is 18.8 Å². The van der Waals surface area contributed by atoms with Gasteiger partial charge in [-0.15, -0.1) is 0 Å². The Balaban J connectivity index is 1.52. The van der Waals surface area contributed by atoms with E-state index in [0.29, 0.717) is 19.6 Å². The normalized spacial score (nSPS) is 11.0. The van der Waals surface area contributed by atoms with Crippen LogP contribution in [0.15, 0.2) is 48.7 Å². The summed E-state index contributed by atoms with van der Waals surface area (Å²) >= 11 is 0. The summed E-state index contributed by atoms with van der Waals surface area (Å²) in [4.78, 5) is 20.9. The van der Waals surface area contributed by atoms with E-state index in [1.807, 2.05) is 79.1 Å². The molecule has 0 spiro atoms. The average molecular weight is 421 g/mol. The van der Waals surface area contributed by atoms with Crippen LogP contribution in [0.4, 0.5) is 5.82 Å². The first-order valence-corrected chi connectivity index (χ1v) is 10.5. The highest BCUT2D eigenvalue weighted by Crippen LogP contribution is 2.15. The summed E-state index contributed by atoms with van der Waals surface area (Å²) in [6, 6.07) is 14.3. The minimum absolute atomic E-state index is 0.00465. The number of aromatic nitrogens is 3. The standard InChI is InChI=1S/C24H32N6O/c1-18-22(19(2)30(27-18)16-20-9-7-6-8-10-20)14-26-24(31)17-29(5)15-21-11-12-23(25-13-21)28(3)4/h6-13H,14-17H2,1-5H3,(H,26,31). The van der Waals surface area contributed by atoms with Gasteiger partial charge in [0.1, 0.15) is 5.82 Å². The molecule has 7 heteroatoms. The molecule has 1 amide bonds. The lowest BCUT2D eigenvalue weighted by atomic mass is 10.2. The maximum absolute atomic E-state index is 12.5. The fourth-order valence-electron chi connectivity index (χ4n) is 3.53. The number of anilines is 1. The summed E-state index contributed by atoms with van der Waals surface area (Å²) in [6.45, 7) is 6.25. The van der Waals surface area contributed by atoms with Gasteiger partial charge in [-0.3, -0.25) is 14.4 Å². The lowest BCUT2D eigenvalue weighted by Crippen LogP contribution is -2.34. The molecular formula is C24H32N6O. The van der Waals surface area contributed by atoms with Gasteiger partial charge in [0.15, 0.2) is 0 Å². The van der Waals surface area contributed by atoms with Gasteiger partial charge >= 0.3 is 0 Å². The number of hydrogen-bond acceptors (Lipinski definition) is 5. The zero-order valence-corrected chi connectivity index (χ0v) is 19.1. The maximum atomic E-state index is 12.5. The molecule has 1 aromatic carbocycles. The highest BCUT2D eigenvalue weighted by Gasteiger charge is 2.14. The number of rotatable bonds is 9. The summed E-state index contributed by atoms with van der Waals surface area (Å²) in [7, 11) is 5.87. The first-order valence-electron chi connectivity index (χ1n) is 10.5. The molecule has 3 rings (SSSR count). The number of amides is 1. The quantitative estimate of drug-likeness (QED) is 0.577. The number of likely N-dealkylation sites (N-methyl/N-ethyl adjacent to an activating group) is 1. The molecule has 0 fully saturated rings. The van der Waals surface area contributed by atoms with Crippen molar-refractivity contribution in [3.8, 4) is 0 Å². The van der Waals surface area contributed by atoms with Crippen molar-refractivity contribution in [1.82, 2.24) is 25.0 Å². The van der Waals surface area contributed by atoms with Crippen molar-refractivity contribution >= 4 is 11.7 Å². The number of carbonyl (C=O) groups is 1. The zero-order valence-electron chi connectivity index (χ0n) is 19.1. The second-order valence-corrected chi connectivity index (χ2v) is 8.16. The van der Waals surface area contributed by atoms with E-state index in [0.717, 1.165) is 34.9 Å². The molecule has 3 aromatic rings. The second kappa shape index (κ2) is 10.2. The molecule has 0 unspecified atom stereocenters. The van der Waals surface area contributed by atoms with Crippen LogP contribution >= 0.6 is 0 Å². The Morgan fingerprint density at radius 3 is 2.42 bits per heavy atom. The Hall–Kier alpha value is -3.19. The van der Waals surface area contributed by atoms with Gasteiger partial charge in [-0.2, -0.15) is 5.10 Å². The van der Waals surface area contributed by atoms with Crippen molar-refractivity contribution in [2.24, 2.45) is 0 Å². The van der Waals surface area contributed by atoms with Crippen LogP contribution in [0.5, 0.6) is 0 Å². The lowest BCUT2D eigenvalue weighted by Gasteiger charge is -2.17. The van der Waals surface area contributed by atoms with Crippen LogP contribution in [0.1, 0.15) is 28.1 Å². The summed E-state index contributed by atoms with van der Waals surface area (Å²) in [6.07, 6.45) is 1.86. The summed E-state index contributed by atoms with van der Waals surface area (Å²) in [5.41, 5.74) is 5.40. The van der Waals surface area contributed by atoms with E-state index in [1.165, 1.54) is 5.56 Å². The van der Waals surface area contributed by atoms with E-state index in [1.54, 1.807) is 0 Å². The van der Waals surface area contributed by atoms with Gasteiger partial charge in [-0.25, -0.2) is 4.98 Å². The molecule has 0 aliphatic rings. The molecule has 0 aliphatic heterocycles. The fourth-order valence-corrected chi connectivity index (χ4v) is 3.53. The van der Waals surface area contributed by atoms with Gasteiger partial charge in [0.2, 0.25) is 5.91 Å². The minimum atomic E-state index is -0.00465. The average Bonchev–Trinajstić information content (AvgIpc) is 3.00. The third kappa shape index (κ3) is 6.15. The maximum Gasteiger partial charge on any atom is 0.234 e. The summed E-state index contributed by atoms with van der Waals surface area (Å²) in [5, 5.41) is 7.71. The predicted molar refractivity (Wildman–Crippen MR) is 124 cm³/mol. The minimum Gasteiger partial charge on any atom is -0.363 e. The number of hydrogen-bond donors (Lipinski definition) is 1. The first-order chi connectivity index (χ1) is 14.8. The van der Waals surface area contributed by atoms with Crippen LogP contribution in [-0.4, -0.2) is 53.3 Å². The van der Waals surface area contributed by atoms with E-state index < -0.39 is 0 Å². The number of carbonyl (C=O) groups excluding carboxylic acids is 1. The van der Waals surface area contributed by atoms with E-state index in [9.17, 15) is 4.79 Å². The molecule has 0 saturated heterocycles. The van der Waals surface area contributed by atoms with Crippen molar-refractivity contribution in [1.29, 1.82) is 0 Å². The molecule has 0 radical (unpaired) electrons. The van der Waals surface area contributed by atoms with Crippen LogP contribution in [0.3, 0.4) is 0 Å². The van der Waals surface area contributed by atoms with Crippen molar-refractivity contribution in [3.05, 3.63) is 76.7 Å². The molecule has 164 valence electrons. The SMILES string of the molecule is Cc1nn(Cc2ccccc2)c(C)c1CNC(=O)CN(C)Cc1ccc(N(C)C)nc1. The van der Waals surface area contributed by atoms with Gasteiger partial charge in [0.25, 0.3) is 0 Å². The highest BCUT2D eigenvalue weighted by atomic mass is 16.2. The van der Waals surface area contributed by atoms with Gasteiger partial charge < -0.3 is 10.2 Å². The van der Waals surface area contributed by atoms with Gasteiger partial charge in [-0.05, 0) is 38.1 Å². The largest absolute Gasteiger partial charge is 0.363 e. The van der Waals surface area contributed by atoms with Crippen LogP contribution in [0.25, 0.3) is 0 Å². The summed E-state index contributed by atoms with van der Waals surface area (Å²) in [5.74, 6) is 0.915. The Kier molecular flexibility index (Phi) is 7.41. The highest BCUT2D eigenvalue weighted by molar-refractivity contribution is 5.78. The third-order valence-corrected chi connectivity index (χ3v) is 5.30. The number of nitrogens with one attached hydrogen (secondary N) is 1. The van der Waals surface area contributed by atoms with E-state index in [4.69, 9.17) is 0 Å². The third-order valence-electron chi connectivity index (χ3n) is 5.30. The van der Waals surface area contributed by atoms with Crippen molar-refractivity contribution < 1.29 is 4.79 Å². The zero-order chi connectivity index (χ0) is 22.4. The molecule has 0 bridgehead atoms. The monoisotopic (exact) mass is 420 g/mol. The molecule has 1 N–H and O–H groups in total. The van der Waals surface area contributed by atoms with Gasteiger partial charge in [0, 0.05) is 44.6 Å². The topological polar surface area (TPSA) is 66.3 Å². The Bertz CT molecular complexity index is 995. The van der Waals surface area contributed by atoms with E-state index in [-0.39, 0.29) is 5.91 Å². The van der Waals surface area contributed by atoms with Crippen molar-refractivity contribution in [3.63, 3.8) is 0 Å².